The molecule has 1 aliphatic rings. The van der Waals surface area contributed by atoms with Gasteiger partial charge < -0.3 is 19.7 Å². The third kappa shape index (κ3) is 8.04. The highest BCUT2D eigenvalue weighted by Gasteiger charge is 2.62. The van der Waals surface area contributed by atoms with E-state index >= 15 is 0 Å². The van der Waals surface area contributed by atoms with E-state index in [1.807, 2.05) is 58.9 Å². The van der Waals surface area contributed by atoms with Gasteiger partial charge >= 0.3 is 6.03 Å². The van der Waals surface area contributed by atoms with Gasteiger partial charge in [0.05, 0.1) is 18.1 Å². The smallest absolute Gasteiger partial charge is 0.326 e. The fourth-order valence-electron chi connectivity index (χ4n) is 5.40. The molecule has 1 fully saturated rings. The Kier molecular flexibility index (Phi) is 13.6. The van der Waals surface area contributed by atoms with Crippen molar-refractivity contribution in [3.8, 4) is 0 Å². The van der Waals surface area contributed by atoms with E-state index in [1.165, 1.54) is 4.90 Å². The van der Waals surface area contributed by atoms with Crippen molar-refractivity contribution in [3.63, 3.8) is 0 Å². The number of aryl methyl sites for hydroxylation is 1. The largest absolute Gasteiger partial charge is 0.383 e. The summed E-state index contributed by atoms with van der Waals surface area (Å²) in [6.45, 7) is 17.4. The Morgan fingerprint density at radius 3 is 2.23 bits per heavy atom. The number of rotatable bonds is 17. The summed E-state index contributed by atoms with van der Waals surface area (Å²) in [5, 5.41) is 3.06. The average Bonchev–Trinajstić information content (AvgIpc) is 2.93. The van der Waals surface area contributed by atoms with Gasteiger partial charge in [-0.2, -0.15) is 0 Å². The van der Waals surface area contributed by atoms with Gasteiger partial charge in [0, 0.05) is 32.8 Å². The summed E-state index contributed by atoms with van der Waals surface area (Å²) >= 11 is 0. The van der Waals surface area contributed by atoms with Gasteiger partial charge in [0.2, 0.25) is 11.8 Å². The van der Waals surface area contributed by atoms with Crippen molar-refractivity contribution in [1.82, 2.24) is 20.0 Å². The fraction of sp³-hybridized carbons (Fsp3) is 0.710. The number of carbonyl (C=O) groups is 3. The number of hydrogen-bond donors (Lipinski definition) is 1. The zero-order valence-electron chi connectivity index (χ0n) is 26.0. The first kappa shape index (κ1) is 33.7. The Bertz CT molecular complexity index is 948. The molecule has 1 aliphatic heterocycles. The number of imide groups is 1. The van der Waals surface area contributed by atoms with Crippen molar-refractivity contribution in [3.05, 3.63) is 35.4 Å². The van der Waals surface area contributed by atoms with Crippen molar-refractivity contribution in [2.24, 2.45) is 5.41 Å². The van der Waals surface area contributed by atoms with Crippen LogP contribution in [0.3, 0.4) is 0 Å². The van der Waals surface area contributed by atoms with Crippen LogP contribution in [0.4, 0.5) is 4.79 Å². The fourth-order valence-corrected chi connectivity index (χ4v) is 5.40. The van der Waals surface area contributed by atoms with Crippen LogP contribution in [0.15, 0.2) is 24.3 Å². The number of hydrogen-bond acceptors (Lipinski definition) is 6. The van der Waals surface area contributed by atoms with Gasteiger partial charge in [-0.1, -0.05) is 63.9 Å². The molecule has 0 bridgehead atoms. The number of β-lactam (4-membered cyclic amide) rings is 1. The predicted octanol–water partition coefficient (Wildman–Crippen LogP) is 4.74. The summed E-state index contributed by atoms with van der Waals surface area (Å²) in [7, 11) is 1.68. The van der Waals surface area contributed by atoms with E-state index < -0.39 is 17.7 Å². The Labute approximate surface area is 241 Å². The molecule has 2 rings (SSSR count). The second-order valence-electron chi connectivity index (χ2n) is 11.0. The second kappa shape index (κ2) is 16.1. The van der Waals surface area contributed by atoms with E-state index in [9.17, 15) is 14.4 Å². The molecule has 1 saturated heterocycles. The van der Waals surface area contributed by atoms with Crippen molar-refractivity contribution in [2.75, 3.05) is 46.5 Å². The highest BCUT2D eigenvalue weighted by molar-refractivity contribution is 6.03. The SMILES string of the molecule is CCC[C@@H](NC(=O)N1C(=O)C(CC)(CC)[C@@H]1OCC(=O)N(CCN(CC)CCOC)C(C)C)c1ccc(C)cc1. The lowest BCUT2D eigenvalue weighted by molar-refractivity contribution is -0.212. The zero-order valence-corrected chi connectivity index (χ0v) is 26.0. The number of likely N-dealkylation sites (N-methyl/N-ethyl adjacent to an activating group) is 1. The molecular weight excluding hydrogens is 508 g/mol. The number of nitrogens with zero attached hydrogens (tertiary/aromatic N) is 3. The lowest BCUT2D eigenvalue weighted by atomic mass is 9.72. The van der Waals surface area contributed by atoms with Gasteiger partial charge in [-0.05, 0) is 52.1 Å². The number of benzene rings is 1. The Morgan fingerprint density at radius 1 is 1.05 bits per heavy atom. The lowest BCUT2D eigenvalue weighted by Gasteiger charge is -2.53. The minimum absolute atomic E-state index is 0.00826. The number of nitrogens with one attached hydrogen (secondary N) is 1. The molecule has 1 heterocycles. The maximum Gasteiger partial charge on any atom is 0.326 e. The predicted molar refractivity (Wildman–Crippen MR) is 158 cm³/mol. The monoisotopic (exact) mass is 560 g/mol. The first-order valence-electron chi connectivity index (χ1n) is 14.9. The highest BCUT2D eigenvalue weighted by Crippen LogP contribution is 2.46. The molecule has 0 aromatic heterocycles. The van der Waals surface area contributed by atoms with E-state index in [4.69, 9.17) is 9.47 Å². The molecular formula is C31H52N4O5. The van der Waals surface area contributed by atoms with Crippen LogP contribution in [0.2, 0.25) is 0 Å². The molecule has 9 nitrogen and oxygen atoms in total. The number of carbonyl (C=O) groups excluding carboxylic acids is 3. The van der Waals surface area contributed by atoms with Crippen LogP contribution in [0, 0.1) is 12.3 Å². The minimum atomic E-state index is -0.816. The number of urea groups is 1. The minimum Gasteiger partial charge on any atom is -0.383 e. The molecule has 9 heteroatoms. The van der Waals surface area contributed by atoms with Crippen LogP contribution in [0.5, 0.6) is 0 Å². The van der Waals surface area contributed by atoms with Gasteiger partial charge in [0.1, 0.15) is 6.61 Å². The van der Waals surface area contributed by atoms with Crippen LogP contribution >= 0.6 is 0 Å². The standard InChI is InChI=1S/C31H52N4O5/c1-9-13-26(25-16-14-24(7)15-17-25)32-30(38)35-28(37)31(10-2,11-3)29(35)40-22-27(36)34(23(5)6)19-18-33(12-4)20-21-39-8/h14-17,23,26,29H,9-13,18-22H2,1-8H3,(H,32,38)/t26-,29+/m1/s1. The van der Waals surface area contributed by atoms with E-state index in [0.29, 0.717) is 26.0 Å². The van der Waals surface area contributed by atoms with E-state index in [2.05, 4.69) is 24.1 Å². The van der Waals surface area contributed by atoms with E-state index in [1.54, 1.807) is 12.0 Å². The lowest BCUT2D eigenvalue weighted by Crippen LogP contribution is -2.73. The molecule has 1 aromatic carbocycles. The molecule has 226 valence electrons. The molecule has 0 aliphatic carbocycles. The van der Waals surface area contributed by atoms with Gasteiger partial charge in [0.25, 0.3) is 0 Å². The summed E-state index contributed by atoms with van der Waals surface area (Å²) < 4.78 is 11.4. The normalized spacial score (nSPS) is 17.2. The zero-order chi connectivity index (χ0) is 29.9. The number of ether oxygens (including phenoxy) is 2. The quantitative estimate of drug-likeness (QED) is 0.277. The second-order valence-corrected chi connectivity index (χ2v) is 11.0. The summed E-state index contributed by atoms with van der Waals surface area (Å²) in [5.41, 5.74) is 1.33. The summed E-state index contributed by atoms with van der Waals surface area (Å²) in [5.74, 6) is -0.397. The highest BCUT2D eigenvalue weighted by atomic mass is 16.5. The van der Waals surface area contributed by atoms with Gasteiger partial charge in [-0.25, -0.2) is 9.69 Å². The summed E-state index contributed by atoms with van der Waals surface area (Å²) in [4.78, 5) is 45.4. The molecule has 0 unspecified atom stereocenters. The van der Waals surface area contributed by atoms with Crippen LogP contribution in [0.1, 0.15) is 84.4 Å². The van der Waals surface area contributed by atoms with Gasteiger partial charge in [0.15, 0.2) is 6.23 Å². The Morgan fingerprint density at radius 2 is 1.70 bits per heavy atom. The molecule has 0 radical (unpaired) electrons. The number of methoxy groups -OCH3 is 1. The first-order valence-corrected chi connectivity index (χ1v) is 14.9. The van der Waals surface area contributed by atoms with Crippen LogP contribution in [-0.2, 0) is 19.1 Å². The maximum atomic E-state index is 13.5. The van der Waals surface area contributed by atoms with Crippen LogP contribution in [-0.4, -0.2) is 91.3 Å². The van der Waals surface area contributed by atoms with Gasteiger partial charge in [-0.15, -0.1) is 0 Å². The number of likely N-dealkylation sites (tertiary alicyclic amines) is 1. The topological polar surface area (TPSA) is 91.4 Å². The molecule has 0 spiro atoms. The van der Waals surface area contributed by atoms with Crippen LogP contribution in [0.25, 0.3) is 0 Å². The van der Waals surface area contributed by atoms with Gasteiger partial charge in [-0.3, -0.25) is 14.5 Å². The van der Waals surface area contributed by atoms with E-state index in [-0.39, 0.29) is 30.5 Å². The van der Waals surface area contributed by atoms with E-state index in [0.717, 1.165) is 43.6 Å². The van der Waals surface area contributed by atoms with Crippen molar-refractivity contribution < 1.29 is 23.9 Å². The van der Waals surface area contributed by atoms with Crippen molar-refractivity contribution in [2.45, 2.75) is 92.5 Å². The Balaban J connectivity index is 2.14. The Hall–Kier alpha value is -2.49. The molecule has 0 saturated carbocycles. The molecule has 2 atom stereocenters. The molecule has 40 heavy (non-hydrogen) atoms. The van der Waals surface area contributed by atoms with Crippen molar-refractivity contribution in [1.29, 1.82) is 0 Å². The average molecular weight is 561 g/mol. The first-order chi connectivity index (χ1) is 19.1. The number of amides is 4. The third-order valence-electron chi connectivity index (χ3n) is 8.21. The van der Waals surface area contributed by atoms with Crippen molar-refractivity contribution >= 4 is 17.8 Å². The molecule has 1 aromatic rings. The third-order valence-corrected chi connectivity index (χ3v) is 8.21. The van der Waals surface area contributed by atoms with Crippen LogP contribution < -0.4 is 5.32 Å². The summed E-state index contributed by atoms with van der Waals surface area (Å²) in [6.07, 6.45) is 1.89. The molecule has 1 N–H and O–H groups in total. The molecule has 4 amide bonds. The summed E-state index contributed by atoms with van der Waals surface area (Å²) in [6, 6.07) is 7.36. The maximum absolute atomic E-state index is 13.5.